The molecule has 9 nitrogen and oxygen atoms in total. The Balaban J connectivity index is 1.78. The number of carbonyl (C=O) groups excluding carboxylic acids is 2. The summed E-state index contributed by atoms with van der Waals surface area (Å²) in [6.07, 6.45) is 3.35. The number of anilines is 1. The zero-order chi connectivity index (χ0) is 18.5. The molecule has 3 heterocycles. The number of methoxy groups -OCH3 is 1. The molecular weight excluding hydrogens is 338 g/mol. The fraction of sp³-hybridized carbons (Fsp3) is 0.529. The lowest BCUT2D eigenvalue weighted by Crippen LogP contribution is -2.29. The lowest BCUT2D eigenvalue weighted by Gasteiger charge is -2.17. The number of ether oxygens (including phenoxy) is 1. The maximum atomic E-state index is 12.6. The van der Waals surface area contributed by atoms with E-state index in [0.29, 0.717) is 44.1 Å². The third-order valence-corrected chi connectivity index (χ3v) is 4.22. The average molecular weight is 361 g/mol. The van der Waals surface area contributed by atoms with Gasteiger partial charge in [-0.25, -0.2) is 4.98 Å². The number of nitrogens with one attached hydrogen (secondary N) is 2. The third-order valence-electron chi connectivity index (χ3n) is 4.22. The minimum Gasteiger partial charge on any atom is -0.385 e. The lowest BCUT2D eigenvalue weighted by molar-refractivity contribution is 0.0932. The Morgan fingerprint density at radius 1 is 1.35 bits per heavy atom. The van der Waals surface area contributed by atoms with Gasteiger partial charge in [0.15, 0.2) is 17.3 Å². The van der Waals surface area contributed by atoms with Crippen LogP contribution >= 0.6 is 0 Å². The van der Waals surface area contributed by atoms with Gasteiger partial charge in [-0.3, -0.25) is 9.59 Å². The van der Waals surface area contributed by atoms with E-state index < -0.39 is 0 Å². The van der Waals surface area contributed by atoms with E-state index in [2.05, 4.69) is 20.8 Å². The predicted molar refractivity (Wildman–Crippen MR) is 93.2 cm³/mol. The van der Waals surface area contributed by atoms with Crippen LogP contribution in [-0.4, -0.2) is 46.8 Å². The highest BCUT2D eigenvalue weighted by Gasteiger charge is 2.27. The molecule has 2 amide bonds. The van der Waals surface area contributed by atoms with Crippen LogP contribution in [0.3, 0.4) is 0 Å². The molecule has 0 unspecified atom stereocenters. The molecule has 0 radical (unpaired) electrons. The molecule has 0 saturated heterocycles. The Labute approximate surface area is 151 Å². The number of imidazole rings is 1. The number of fused-ring (bicyclic) bond motifs is 1. The largest absolute Gasteiger partial charge is 0.385 e. The molecule has 1 aliphatic rings. The summed E-state index contributed by atoms with van der Waals surface area (Å²) in [6, 6.07) is 1.63. The molecule has 26 heavy (non-hydrogen) atoms. The molecule has 0 aliphatic carbocycles. The zero-order valence-electron chi connectivity index (χ0n) is 15.0. The standard InChI is InChI=1S/C17H23N5O4/c1-11-10-13(21-26-11)19-16(23)14-12-6-3-4-8-22(12)15(20-14)17(24)18-7-5-9-25-2/h10H,3-9H2,1-2H3,(H,18,24)(H,19,21,23). The second-order valence-electron chi connectivity index (χ2n) is 6.22. The molecule has 0 atom stereocenters. The Morgan fingerprint density at radius 3 is 2.92 bits per heavy atom. The molecule has 2 aromatic heterocycles. The maximum absolute atomic E-state index is 12.6. The normalized spacial score (nSPS) is 13.3. The summed E-state index contributed by atoms with van der Waals surface area (Å²) in [7, 11) is 1.62. The molecule has 9 heteroatoms. The van der Waals surface area contributed by atoms with Crippen LogP contribution in [0.15, 0.2) is 10.6 Å². The minimum atomic E-state index is -0.387. The number of aromatic nitrogens is 3. The molecule has 0 aromatic carbocycles. The van der Waals surface area contributed by atoms with Gasteiger partial charge in [0.1, 0.15) is 5.76 Å². The van der Waals surface area contributed by atoms with Crippen molar-refractivity contribution < 1.29 is 18.8 Å². The molecule has 2 N–H and O–H groups in total. The predicted octanol–water partition coefficient (Wildman–Crippen LogP) is 1.53. The highest BCUT2D eigenvalue weighted by atomic mass is 16.5. The molecule has 0 saturated carbocycles. The van der Waals surface area contributed by atoms with Crippen LogP contribution < -0.4 is 10.6 Å². The number of aryl methyl sites for hydroxylation is 1. The van der Waals surface area contributed by atoms with Crippen molar-refractivity contribution in [3.8, 4) is 0 Å². The molecule has 0 spiro atoms. The fourth-order valence-corrected chi connectivity index (χ4v) is 3.00. The molecular formula is C17H23N5O4. The highest BCUT2D eigenvalue weighted by molar-refractivity contribution is 6.04. The van der Waals surface area contributed by atoms with Crippen molar-refractivity contribution in [1.29, 1.82) is 0 Å². The van der Waals surface area contributed by atoms with E-state index in [1.54, 1.807) is 20.1 Å². The van der Waals surface area contributed by atoms with Gasteiger partial charge >= 0.3 is 0 Å². The van der Waals surface area contributed by atoms with Crippen LogP contribution in [0, 0.1) is 6.92 Å². The smallest absolute Gasteiger partial charge is 0.287 e. The first-order valence-electron chi connectivity index (χ1n) is 8.71. The summed E-state index contributed by atoms with van der Waals surface area (Å²) in [5.41, 5.74) is 1.06. The van der Waals surface area contributed by atoms with Gasteiger partial charge < -0.3 is 24.5 Å². The first kappa shape index (κ1) is 18.1. The molecule has 0 fully saturated rings. The second kappa shape index (κ2) is 8.13. The summed E-state index contributed by atoms with van der Waals surface area (Å²) in [6.45, 7) is 3.49. The molecule has 2 aromatic rings. The SMILES string of the molecule is COCCCNC(=O)c1nc(C(=O)Nc2cc(C)on2)c2n1CCCC2. The Hall–Kier alpha value is -2.68. The number of amides is 2. The van der Waals surface area contributed by atoms with Gasteiger partial charge in [0.25, 0.3) is 11.8 Å². The summed E-state index contributed by atoms with van der Waals surface area (Å²) in [5.74, 6) is 0.542. The minimum absolute atomic E-state index is 0.271. The lowest BCUT2D eigenvalue weighted by atomic mass is 10.1. The fourth-order valence-electron chi connectivity index (χ4n) is 3.00. The van der Waals surface area contributed by atoms with Crippen LogP contribution in [0.5, 0.6) is 0 Å². The molecule has 140 valence electrons. The average Bonchev–Trinajstić information content (AvgIpc) is 3.22. The monoisotopic (exact) mass is 361 g/mol. The van der Waals surface area contributed by atoms with E-state index in [9.17, 15) is 9.59 Å². The van der Waals surface area contributed by atoms with Crippen molar-refractivity contribution in [2.45, 2.75) is 39.2 Å². The van der Waals surface area contributed by atoms with Gasteiger partial charge in [0, 0.05) is 32.9 Å². The summed E-state index contributed by atoms with van der Waals surface area (Å²) in [5, 5.41) is 9.26. The maximum Gasteiger partial charge on any atom is 0.287 e. The van der Waals surface area contributed by atoms with Gasteiger partial charge in [-0.1, -0.05) is 5.16 Å². The second-order valence-corrected chi connectivity index (χ2v) is 6.22. The molecule has 1 aliphatic heterocycles. The van der Waals surface area contributed by atoms with Crippen molar-refractivity contribution in [3.05, 3.63) is 29.0 Å². The van der Waals surface area contributed by atoms with E-state index in [1.807, 2.05) is 4.57 Å². The third kappa shape index (κ3) is 3.93. The summed E-state index contributed by atoms with van der Waals surface area (Å²) < 4.78 is 11.8. The van der Waals surface area contributed by atoms with Crippen LogP contribution in [0.1, 0.15) is 51.8 Å². The summed E-state index contributed by atoms with van der Waals surface area (Å²) in [4.78, 5) is 29.4. The van der Waals surface area contributed by atoms with Crippen molar-refractivity contribution in [3.63, 3.8) is 0 Å². The Morgan fingerprint density at radius 2 is 2.19 bits per heavy atom. The first-order chi connectivity index (χ1) is 12.6. The van der Waals surface area contributed by atoms with E-state index in [4.69, 9.17) is 9.26 Å². The number of nitrogens with zero attached hydrogens (tertiary/aromatic N) is 3. The van der Waals surface area contributed by atoms with Gasteiger partial charge in [0.05, 0.1) is 5.69 Å². The van der Waals surface area contributed by atoms with Crippen molar-refractivity contribution >= 4 is 17.6 Å². The van der Waals surface area contributed by atoms with Crippen LogP contribution in [0.2, 0.25) is 0 Å². The number of rotatable bonds is 7. The van der Waals surface area contributed by atoms with Crippen molar-refractivity contribution in [2.75, 3.05) is 25.6 Å². The Kier molecular flexibility index (Phi) is 5.67. The highest BCUT2D eigenvalue weighted by Crippen LogP contribution is 2.22. The van der Waals surface area contributed by atoms with Crippen molar-refractivity contribution in [2.24, 2.45) is 0 Å². The zero-order valence-corrected chi connectivity index (χ0v) is 15.0. The van der Waals surface area contributed by atoms with Gasteiger partial charge in [0.2, 0.25) is 0 Å². The van der Waals surface area contributed by atoms with Crippen LogP contribution in [-0.2, 0) is 17.7 Å². The van der Waals surface area contributed by atoms with E-state index >= 15 is 0 Å². The number of hydrogen-bond donors (Lipinski definition) is 2. The number of carbonyl (C=O) groups is 2. The quantitative estimate of drug-likeness (QED) is 0.724. The topological polar surface area (TPSA) is 111 Å². The van der Waals surface area contributed by atoms with Gasteiger partial charge in [-0.2, -0.15) is 0 Å². The Bertz CT molecular complexity index is 795. The number of hydrogen-bond acceptors (Lipinski definition) is 6. The van der Waals surface area contributed by atoms with Gasteiger partial charge in [-0.15, -0.1) is 0 Å². The van der Waals surface area contributed by atoms with Crippen molar-refractivity contribution in [1.82, 2.24) is 20.0 Å². The molecule has 3 rings (SSSR count). The van der Waals surface area contributed by atoms with E-state index in [1.165, 1.54) is 0 Å². The van der Waals surface area contributed by atoms with E-state index in [-0.39, 0.29) is 23.3 Å². The summed E-state index contributed by atoms with van der Waals surface area (Å²) >= 11 is 0. The first-order valence-corrected chi connectivity index (χ1v) is 8.71. The van der Waals surface area contributed by atoms with Crippen LogP contribution in [0.25, 0.3) is 0 Å². The van der Waals surface area contributed by atoms with Crippen LogP contribution in [0.4, 0.5) is 5.82 Å². The molecule has 0 bridgehead atoms. The van der Waals surface area contributed by atoms with E-state index in [0.717, 1.165) is 18.5 Å². The van der Waals surface area contributed by atoms with Gasteiger partial charge in [-0.05, 0) is 32.6 Å².